The summed E-state index contributed by atoms with van der Waals surface area (Å²) in [7, 11) is 1.54. The van der Waals surface area contributed by atoms with E-state index < -0.39 is 5.54 Å². The summed E-state index contributed by atoms with van der Waals surface area (Å²) in [5, 5.41) is 3.03. The fraction of sp³-hybridized carbons (Fsp3) is 0.500. The van der Waals surface area contributed by atoms with E-state index in [0.717, 1.165) is 6.42 Å². The molecule has 0 bridgehead atoms. The van der Waals surface area contributed by atoms with Crippen LogP contribution in [0, 0.1) is 5.92 Å². The van der Waals surface area contributed by atoms with Crippen LogP contribution in [0.4, 0.5) is 0 Å². The van der Waals surface area contributed by atoms with Crippen molar-refractivity contribution in [2.45, 2.75) is 32.7 Å². The zero-order valence-corrected chi connectivity index (χ0v) is 14.5. The lowest BCUT2D eigenvalue weighted by atomic mass is 9.90. The number of ether oxygens (including phenoxy) is 2. The summed E-state index contributed by atoms with van der Waals surface area (Å²) in [6, 6.07) is 5.10. The molecule has 0 radical (unpaired) electrons. The maximum Gasteiger partial charge on any atom is 0.251 e. The Hall–Kier alpha value is -2.01. The molecular weight excluding hydrogens is 292 g/mol. The van der Waals surface area contributed by atoms with Crippen molar-refractivity contribution in [1.82, 2.24) is 5.32 Å². The van der Waals surface area contributed by atoms with Gasteiger partial charge in [0.05, 0.1) is 7.11 Å². The van der Waals surface area contributed by atoms with E-state index in [4.69, 9.17) is 15.2 Å². The number of nitrogens with one attached hydrogen (secondary N) is 1. The first-order valence-corrected chi connectivity index (χ1v) is 7.79. The predicted molar refractivity (Wildman–Crippen MR) is 93.1 cm³/mol. The molecule has 1 aromatic carbocycles. The number of nitrogens with two attached hydrogens (primary N) is 1. The number of hydrogen-bond donors (Lipinski definition) is 2. The second-order valence-corrected chi connectivity index (χ2v) is 6.28. The molecule has 0 aliphatic carbocycles. The van der Waals surface area contributed by atoms with Crippen LogP contribution in [0.1, 0.15) is 37.6 Å². The van der Waals surface area contributed by atoms with Crippen LogP contribution in [0.15, 0.2) is 30.9 Å². The fourth-order valence-electron chi connectivity index (χ4n) is 2.51. The van der Waals surface area contributed by atoms with E-state index >= 15 is 0 Å². The molecule has 0 saturated carbocycles. The van der Waals surface area contributed by atoms with Crippen LogP contribution in [0.3, 0.4) is 0 Å². The number of carbonyl (C=O) groups excluding carboxylic acids is 1. The average Bonchev–Trinajstić information content (AvgIpc) is 2.51. The highest BCUT2D eigenvalue weighted by atomic mass is 16.5. The van der Waals surface area contributed by atoms with Gasteiger partial charge in [0.1, 0.15) is 6.61 Å². The first-order valence-electron chi connectivity index (χ1n) is 7.79. The summed E-state index contributed by atoms with van der Waals surface area (Å²) in [5.74, 6) is 1.35. The molecule has 0 fully saturated rings. The van der Waals surface area contributed by atoms with E-state index in [1.807, 2.05) is 6.92 Å². The molecule has 0 saturated heterocycles. The summed E-state index contributed by atoms with van der Waals surface area (Å²) in [5.41, 5.74) is 5.92. The molecule has 1 unspecified atom stereocenters. The van der Waals surface area contributed by atoms with Gasteiger partial charge < -0.3 is 20.5 Å². The number of methoxy groups -OCH3 is 1. The highest BCUT2D eigenvalue weighted by molar-refractivity contribution is 5.95. The van der Waals surface area contributed by atoms with E-state index in [1.165, 1.54) is 0 Å². The third-order valence-electron chi connectivity index (χ3n) is 3.51. The molecule has 1 aromatic rings. The van der Waals surface area contributed by atoms with E-state index in [9.17, 15) is 4.79 Å². The minimum absolute atomic E-state index is 0.174. The van der Waals surface area contributed by atoms with Gasteiger partial charge in [0.15, 0.2) is 11.5 Å². The summed E-state index contributed by atoms with van der Waals surface area (Å²) >= 11 is 0. The topological polar surface area (TPSA) is 73.6 Å². The molecule has 128 valence electrons. The van der Waals surface area contributed by atoms with Crippen LogP contribution >= 0.6 is 0 Å². The zero-order valence-electron chi connectivity index (χ0n) is 14.5. The van der Waals surface area contributed by atoms with Gasteiger partial charge in [-0.2, -0.15) is 0 Å². The van der Waals surface area contributed by atoms with Gasteiger partial charge in [-0.15, -0.1) is 0 Å². The number of amides is 1. The maximum absolute atomic E-state index is 12.5. The Balaban J connectivity index is 2.93. The van der Waals surface area contributed by atoms with Crippen LogP contribution in [-0.2, 0) is 0 Å². The molecule has 1 atom stereocenters. The Morgan fingerprint density at radius 3 is 2.65 bits per heavy atom. The molecule has 3 N–H and O–H groups in total. The third kappa shape index (κ3) is 5.60. The third-order valence-corrected chi connectivity index (χ3v) is 3.51. The Kier molecular flexibility index (Phi) is 7.10. The quantitative estimate of drug-likeness (QED) is 0.686. The minimum atomic E-state index is -0.434. The molecule has 0 heterocycles. The molecule has 0 aliphatic rings. The first kappa shape index (κ1) is 19.0. The SMILES string of the molecule is C=CCOc1ccc(C(=O)NC(C)(CN)CC(C)C)cc1OC. The van der Waals surface area contributed by atoms with Gasteiger partial charge in [-0.1, -0.05) is 26.5 Å². The lowest BCUT2D eigenvalue weighted by Gasteiger charge is -2.31. The number of benzene rings is 1. The van der Waals surface area contributed by atoms with Crippen LogP contribution in [0.25, 0.3) is 0 Å². The molecule has 5 nitrogen and oxygen atoms in total. The highest BCUT2D eigenvalue weighted by Gasteiger charge is 2.26. The standard InChI is InChI=1S/C18H28N2O3/c1-6-9-23-15-8-7-14(10-16(15)22-5)17(21)20-18(4,12-19)11-13(2)3/h6-8,10,13H,1,9,11-12,19H2,2-5H3,(H,20,21). The second kappa shape index (κ2) is 8.58. The van der Waals surface area contributed by atoms with Gasteiger partial charge >= 0.3 is 0 Å². The van der Waals surface area contributed by atoms with Crippen molar-refractivity contribution in [1.29, 1.82) is 0 Å². The summed E-state index contributed by atoms with van der Waals surface area (Å²) in [6.45, 7) is 10.5. The summed E-state index contributed by atoms with van der Waals surface area (Å²) in [4.78, 5) is 12.5. The lowest BCUT2D eigenvalue weighted by Crippen LogP contribution is -2.52. The Labute approximate surface area is 138 Å². The Morgan fingerprint density at radius 2 is 2.13 bits per heavy atom. The van der Waals surface area contributed by atoms with Crippen molar-refractivity contribution in [3.63, 3.8) is 0 Å². The van der Waals surface area contributed by atoms with E-state index in [1.54, 1.807) is 31.4 Å². The van der Waals surface area contributed by atoms with E-state index in [-0.39, 0.29) is 5.91 Å². The molecule has 0 aliphatic heterocycles. The normalized spacial score (nSPS) is 13.3. The van der Waals surface area contributed by atoms with E-state index in [2.05, 4.69) is 25.7 Å². The molecule has 1 rings (SSSR count). The maximum atomic E-state index is 12.5. The van der Waals surface area contributed by atoms with Crippen LogP contribution in [0.2, 0.25) is 0 Å². The van der Waals surface area contributed by atoms with Crippen molar-refractivity contribution in [2.75, 3.05) is 20.3 Å². The van der Waals surface area contributed by atoms with Crippen molar-refractivity contribution in [3.8, 4) is 11.5 Å². The zero-order chi connectivity index (χ0) is 17.5. The van der Waals surface area contributed by atoms with Gasteiger partial charge in [0.25, 0.3) is 5.91 Å². The predicted octanol–water partition coefficient (Wildman–Crippen LogP) is 2.75. The number of carbonyl (C=O) groups is 1. The highest BCUT2D eigenvalue weighted by Crippen LogP contribution is 2.28. The van der Waals surface area contributed by atoms with Crippen LogP contribution < -0.4 is 20.5 Å². The van der Waals surface area contributed by atoms with Crippen LogP contribution in [-0.4, -0.2) is 31.7 Å². The largest absolute Gasteiger partial charge is 0.493 e. The molecule has 23 heavy (non-hydrogen) atoms. The van der Waals surface area contributed by atoms with Gasteiger partial charge in [-0.25, -0.2) is 0 Å². The van der Waals surface area contributed by atoms with Gasteiger partial charge in [0, 0.05) is 17.6 Å². The van der Waals surface area contributed by atoms with Gasteiger partial charge in [-0.05, 0) is 37.5 Å². The molecule has 0 spiro atoms. The molecule has 1 amide bonds. The number of hydrogen-bond acceptors (Lipinski definition) is 4. The van der Waals surface area contributed by atoms with Gasteiger partial charge in [-0.3, -0.25) is 4.79 Å². The second-order valence-electron chi connectivity index (χ2n) is 6.28. The molecule has 0 aromatic heterocycles. The van der Waals surface area contributed by atoms with E-state index in [0.29, 0.717) is 36.1 Å². The monoisotopic (exact) mass is 320 g/mol. The molecular formula is C18H28N2O3. The Morgan fingerprint density at radius 1 is 1.43 bits per heavy atom. The average molecular weight is 320 g/mol. The minimum Gasteiger partial charge on any atom is -0.493 e. The van der Waals surface area contributed by atoms with Crippen molar-refractivity contribution in [3.05, 3.63) is 36.4 Å². The first-order chi connectivity index (χ1) is 10.8. The summed E-state index contributed by atoms with van der Waals surface area (Å²) in [6.07, 6.45) is 2.46. The Bertz CT molecular complexity index is 543. The lowest BCUT2D eigenvalue weighted by molar-refractivity contribution is 0.0898. The smallest absolute Gasteiger partial charge is 0.251 e. The molecule has 5 heteroatoms. The number of rotatable bonds is 9. The fourth-order valence-corrected chi connectivity index (χ4v) is 2.51. The summed E-state index contributed by atoms with van der Waals surface area (Å²) < 4.78 is 10.8. The van der Waals surface area contributed by atoms with Crippen LogP contribution in [0.5, 0.6) is 11.5 Å². The van der Waals surface area contributed by atoms with Crippen molar-refractivity contribution < 1.29 is 14.3 Å². The van der Waals surface area contributed by atoms with Gasteiger partial charge in [0.2, 0.25) is 0 Å². The van der Waals surface area contributed by atoms with Crippen molar-refractivity contribution >= 4 is 5.91 Å². The van der Waals surface area contributed by atoms with Crippen molar-refractivity contribution in [2.24, 2.45) is 11.7 Å².